The molecule has 10 heteroatoms. The highest BCUT2D eigenvalue weighted by molar-refractivity contribution is 6.04. The third kappa shape index (κ3) is 4.94. The van der Waals surface area contributed by atoms with Crippen molar-refractivity contribution in [3.05, 3.63) is 108 Å². The van der Waals surface area contributed by atoms with Crippen LogP contribution in [0, 0.1) is 0 Å². The fourth-order valence-corrected chi connectivity index (χ4v) is 4.98. The van der Waals surface area contributed by atoms with E-state index in [9.17, 15) is 9.59 Å². The number of benzene rings is 2. The second-order valence-corrected chi connectivity index (χ2v) is 9.49. The van der Waals surface area contributed by atoms with Gasteiger partial charge < -0.3 is 15.8 Å². The highest BCUT2D eigenvalue weighted by Gasteiger charge is 2.35. The van der Waals surface area contributed by atoms with Crippen LogP contribution in [0.2, 0.25) is 0 Å². The molecular weight excluding hydrogens is 506 g/mol. The van der Waals surface area contributed by atoms with Crippen molar-refractivity contribution in [2.75, 3.05) is 17.6 Å². The van der Waals surface area contributed by atoms with E-state index in [1.165, 1.54) is 0 Å². The minimum Gasteiger partial charge on any atom is -0.445 e. The van der Waals surface area contributed by atoms with Crippen molar-refractivity contribution in [2.24, 2.45) is 0 Å². The monoisotopic (exact) mass is 533 g/mol. The number of aromatic nitrogens is 4. The predicted octanol–water partition coefficient (Wildman–Crippen LogP) is 5.10. The smallest absolute Gasteiger partial charge is 0.410 e. The summed E-state index contributed by atoms with van der Waals surface area (Å²) < 4.78 is 7.54. The molecule has 6 rings (SSSR count). The Labute approximate surface area is 230 Å². The average molecular weight is 534 g/mol. The largest absolute Gasteiger partial charge is 0.445 e. The number of amides is 2. The molecule has 5 aromatic rings. The van der Waals surface area contributed by atoms with E-state index in [0.717, 1.165) is 24.0 Å². The van der Waals surface area contributed by atoms with Gasteiger partial charge in [-0.25, -0.2) is 19.7 Å². The highest BCUT2D eigenvalue weighted by Crippen LogP contribution is 2.36. The molecule has 1 unspecified atom stereocenters. The summed E-state index contributed by atoms with van der Waals surface area (Å²) in [6, 6.07) is 21.7. The summed E-state index contributed by atoms with van der Waals surface area (Å²) in [5.74, 6) is 1.22. The van der Waals surface area contributed by atoms with E-state index in [2.05, 4.69) is 15.3 Å². The molecule has 1 aliphatic heterocycles. The Morgan fingerprint density at radius 3 is 2.55 bits per heavy atom. The first kappa shape index (κ1) is 25.1. The van der Waals surface area contributed by atoms with Gasteiger partial charge in [0.1, 0.15) is 35.3 Å². The van der Waals surface area contributed by atoms with E-state index in [0.29, 0.717) is 40.8 Å². The van der Waals surface area contributed by atoms with Gasteiger partial charge in [0.25, 0.3) is 5.91 Å². The maximum absolute atomic E-state index is 13.1. The molecule has 4 heterocycles. The number of nitrogens with two attached hydrogens (primary N) is 1. The van der Waals surface area contributed by atoms with E-state index in [4.69, 9.17) is 15.5 Å². The number of carbonyl (C=O) groups is 2. The molecule has 0 radical (unpaired) electrons. The van der Waals surface area contributed by atoms with E-state index >= 15 is 0 Å². The lowest BCUT2D eigenvalue weighted by atomic mass is 10.1. The average Bonchev–Trinajstić information content (AvgIpc) is 3.63. The van der Waals surface area contributed by atoms with Crippen LogP contribution in [-0.2, 0) is 11.3 Å². The third-order valence-corrected chi connectivity index (χ3v) is 6.93. The molecule has 1 aliphatic rings. The van der Waals surface area contributed by atoms with Crippen LogP contribution in [0.15, 0.2) is 91.4 Å². The Balaban J connectivity index is 1.28. The molecule has 0 bridgehead atoms. The van der Waals surface area contributed by atoms with Crippen LogP contribution in [0.1, 0.15) is 40.6 Å². The standard InChI is InChI=1S/C30H27N7O3/c31-27-26-25(21-11-13-22(14-12-21)29(38)34-24-10-4-5-15-32-24)35-28(37(26)18-16-33-27)23-9-6-17-36(23)30(39)40-19-20-7-2-1-3-8-20/h1-5,7-8,10-16,18,23H,6,9,17,19H2,(H2,31,33)(H,32,34,38). The molecule has 40 heavy (non-hydrogen) atoms. The van der Waals surface area contributed by atoms with Crippen LogP contribution in [0.25, 0.3) is 16.8 Å². The molecule has 200 valence electrons. The molecule has 3 N–H and O–H groups in total. The highest BCUT2D eigenvalue weighted by atomic mass is 16.6. The Hall–Kier alpha value is -5.25. The van der Waals surface area contributed by atoms with Gasteiger partial charge in [0.05, 0.1) is 6.04 Å². The number of pyridine rings is 1. The maximum Gasteiger partial charge on any atom is 0.410 e. The van der Waals surface area contributed by atoms with Crippen LogP contribution in [-0.4, -0.2) is 42.8 Å². The van der Waals surface area contributed by atoms with Gasteiger partial charge in [0.15, 0.2) is 0 Å². The minimum absolute atomic E-state index is 0.202. The summed E-state index contributed by atoms with van der Waals surface area (Å²) in [5, 5.41) is 2.78. The van der Waals surface area contributed by atoms with Crippen molar-refractivity contribution in [1.82, 2.24) is 24.3 Å². The summed E-state index contributed by atoms with van der Waals surface area (Å²) in [5.41, 5.74) is 9.78. The zero-order valence-electron chi connectivity index (χ0n) is 21.6. The van der Waals surface area contributed by atoms with Crippen molar-refractivity contribution < 1.29 is 14.3 Å². The summed E-state index contributed by atoms with van der Waals surface area (Å²) >= 11 is 0. The molecule has 1 fully saturated rings. The number of rotatable bonds is 6. The Bertz CT molecular complexity index is 1650. The second kappa shape index (κ2) is 10.9. The van der Waals surface area contributed by atoms with Crippen molar-refractivity contribution in [2.45, 2.75) is 25.5 Å². The number of fused-ring (bicyclic) bond motifs is 1. The number of likely N-dealkylation sites (tertiary alicyclic amines) is 1. The summed E-state index contributed by atoms with van der Waals surface area (Å²) in [4.78, 5) is 40.9. The van der Waals surface area contributed by atoms with Crippen molar-refractivity contribution in [3.8, 4) is 11.3 Å². The second-order valence-electron chi connectivity index (χ2n) is 9.49. The molecule has 0 saturated carbocycles. The Morgan fingerprint density at radius 2 is 1.77 bits per heavy atom. The normalized spacial score (nSPS) is 14.8. The lowest BCUT2D eigenvalue weighted by molar-refractivity contribution is 0.0907. The maximum atomic E-state index is 13.1. The molecule has 3 aromatic heterocycles. The molecular formula is C30H27N7O3. The van der Waals surface area contributed by atoms with Gasteiger partial charge in [-0.2, -0.15) is 0 Å². The zero-order chi connectivity index (χ0) is 27.5. The molecule has 1 atom stereocenters. The number of hydrogen-bond donors (Lipinski definition) is 2. The van der Waals surface area contributed by atoms with Crippen LogP contribution >= 0.6 is 0 Å². The molecule has 0 spiro atoms. The number of imidazole rings is 1. The van der Waals surface area contributed by atoms with Crippen LogP contribution < -0.4 is 11.1 Å². The van der Waals surface area contributed by atoms with E-state index < -0.39 is 0 Å². The number of ether oxygens (including phenoxy) is 1. The van der Waals surface area contributed by atoms with E-state index in [1.807, 2.05) is 46.9 Å². The number of carbonyl (C=O) groups excluding carboxylic acids is 2. The van der Waals surface area contributed by atoms with Gasteiger partial charge in [-0.15, -0.1) is 0 Å². The molecule has 10 nitrogen and oxygen atoms in total. The number of nitrogens with zero attached hydrogens (tertiary/aromatic N) is 5. The SMILES string of the molecule is Nc1nccn2c(C3CCCN3C(=O)OCc3ccccc3)nc(-c3ccc(C(=O)Nc4ccccn4)cc3)c12. The lowest BCUT2D eigenvalue weighted by Gasteiger charge is -2.23. The van der Waals surface area contributed by atoms with Gasteiger partial charge in [0.2, 0.25) is 0 Å². The Morgan fingerprint density at radius 1 is 0.975 bits per heavy atom. The van der Waals surface area contributed by atoms with Gasteiger partial charge in [0, 0.05) is 36.3 Å². The van der Waals surface area contributed by atoms with Gasteiger partial charge in [-0.3, -0.25) is 14.1 Å². The summed E-state index contributed by atoms with van der Waals surface area (Å²) in [7, 11) is 0. The van der Waals surface area contributed by atoms with Crippen LogP contribution in [0.3, 0.4) is 0 Å². The third-order valence-electron chi connectivity index (χ3n) is 6.93. The minimum atomic E-state index is -0.380. The van der Waals surface area contributed by atoms with Crippen molar-refractivity contribution in [1.29, 1.82) is 0 Å². The van der Waals surface area contributed by atoms with Crippen molar-refractivity contribution in [3.63, 3.8) is 0 Å². The fraction of sp³-hybridized carbons (Fsp3) is 0.167. The topological polar surface area (TPSA) is 128 Å². The summed E-state index contributed by atoms with van der Waals surface area (Å²) in [6.45, 7) is 0.775. The Kier molecular flexibility index (Phi) is 6.80. The number of nitrogen functional groups attached to an aromatic ring is 1. The molecule has 2 aromatic carbocycles. The van der Waals surface area contributed by atoms with Crippen LogP contribution in [0.5, 0.6) is 0 Å². The van der Waals surface area contributed by atoms with Gasteiger partial charge in [-0.1, -0.05) is 48.5 Å². The quantitative estimate of drug-likeness (QED) is 0.311. The van der Waals surface area contributed by atoms with E-state index in [1.54, 1.807) is 53.8 Å². The fourth-order valence-electron chi connectivity index (χ4n) is 4.98. The first-order valence-electron chi connectivity index (χ1n) is 13.0. The first-order valence-corrected chi connectivity index (χ1v) is 13.0. The van der Waals surface area contributed by atoms with E-state index in [-0.39, 0.29) is 24.6 Å². The molecule has 2 amide bonds. The number of anilines is 2. The number of nitrogens with one attached hydrogen (secondary N) is 1. The lowest BCUT2D eigenvalue weighted by Crippen LogP contribution is -2.32. The predicted molar refractivity (Wildman–Crippen MR) is 150 cm³/mol. The molecule has 1 saturated heterocycles. The van der Waals surface area contributed by atoms with Gasteiger partial charge >= 0.3 is 6.09 Å². The van der Waals surface area contributed by atoms with Gasteiger partial charge in [-0.05, 0) is 42.7 Å². The van der Waals surface area contributed by atoms with Crippen LogP contribution in [0.4, 0.5) is 16.4 Å². The number of hydrogen-bond acceptors (Lipinski definition) is 7. The molecule has 0 aliphatic carbocycles. The first-order chi connectivity index (χ1) is 19.6. The van der Waals surface area contributed by atoms with Crippen molar-refractivity contribution >= 4 is 29.2 Å². The summed E-state index contributed by atoms with van der Waals surface area (Å²) in [6.07, 6.45) is 6.24. The zero-order valence-corrected chi connectivity index (χ0v) is 21.6.